The number of thioether (sulfide) groups is 1. The lowest BCUT2D eigenvalue weighted by Crippen LogP contribution is -2.22. The Morgan fingerprint density at radius 3 is 2.63 bits per heavy atom. The first-order valence-corrected chi connectivity index (χ1v) is 8.71. The van der Waals surface area contributed by atoms with Gasteiger partial charge in [0.2, 0.25) is 5.95 Å². The summed E-state index contributed by atoms with van der Waals surface area (Å²) in [6.07, 6.45) is 9.12. The van der Waals surface area contributed by atoms with Gasteiger partial charge in [0.25, 0.3) is 0 Å². The molecule has 0 aromatic carbocycles. The summed E-state index contributed by atoms with van der Waals surface area (Å²) in [5, 5.41) is 10.1. The first-order valence-electron chi connectivity index (χ1n) is 7.73. The largest absolute Gasteiger partial charge is 0.341 e. The van der Waals surface area contributed by atoms with Crippen LogP contribution in [-0.4, -0.2) is 33.6 Å². The van der Waals surface area contributed by atoms with E-state index >= 15 is 0 Å². The molecule has 0 amide bonds. The molecule has 0 spiro atoms. The second-order valence-electron chi connectivity index (χ2n) is 5.63. The maximum absolute atomic E-state index is 4.48. The van der Waals surface area contributed by atoms with Gasteiger partial charge in [-0.1, -0.05) is 31.5 Å². The van der Waals surface area contributed by atoms with Gasteiger partial charge in [0.05, 0.1) is 0 Å². The highest BCUT2D eigenvalue weighted by molar-refractivity contribution is 7.99. The van der Waals surface area contributed by atoms with Crippen molar-refractivity contribution < 1.29 is 0 Å². The summed E-state index contributed by atoms with van der Waals surface area (Å²) in [6.45, 7) is 4.57. The van der Waals surface area contributed by atoms with Gasteiger partial charge in [-0.2, -0.15) is 0 Å². The molecule has 1 aliphatic carbocycles. The van der Waals surface area contributed by atoms with E-state index in [0.29, 0.717) is 6.04 Å². The number of unbranched alkanes of at least 4 members (excludes halogenated alkanes) is 2. The molecule has 106 valence electrons. The van der Waals surface area contributed by atoms with Crippen LogP contribution in [0.15, 0.2) is 5.16 Å². The van der Waals surface area contributed by atoms with Crippen molar-refractivity contribution in [3.8, 4) is 0 Å². The minimum atomic E-state index is 0.680. The van der Waals surface area contributed by atoms with E-state index < -0.39 is 0 Å². The van der Waals surface area contributed by atoms with E-state index in [1.54, 1.807) is 0 Å². The van der Waals surface area contributed by atoms with Crippen molar-refractivity contribution in [1.29, 1.82) is 0 Å². The second kappa shape index (κ2) is 6.16. The number of rotatable bonds is 7. The van der Waals surface area contributed by atoms with E-state index in [1.165, 1.54) is 50.7 Å². The molecule has 1 saturated carbocycles. The first kappa shape index (κ1) is 13.3. The number of anilines is 1. The number of nitrogens with zero attached hydrogens (tertiary/aromatic N) is 4. The molecular weight excluding hydrogens is 256 g/mol. The average Bonchev–Trinajstić information content (AvgIpc) is 2.96. The number of hydrogen-bond acceptors (Lipinski definition) is 4. The topological polar surface area (TPSA) is 34.0 Å². The minimum absolute atomic E-state index is 0.680. The molecule has 2 heterocycles. The fourth-order valence-corrected chi connectivity index (χ4v) is 3.67. The highest BCUT2D eigenvalue weighted by atomic mass is 32.2. The molecule has 1 saturated heterocycles. The van der Waals surface area contributed by atoms with Crippen LogP contribution in [0.3, 0.4) is 0 Å². The van der Waals surface area contributed by atoms with Crippen molar-refractivity contribution in [3.63, 3.8) is 0 Å². The second-order valence-corrected chi connectivity index (χ2v) is 6.70. The van der Waals surface area contributed by atoms with Crippen LogP contribution in [0.1, 0.15) is 57.9 Å². The molecule has 19 heavy (non-hydrogen) atoms. The Morgan fingerprint density at radius 2 is 1.95 bits per heavy atom. The Kier molecular flexibility index (Phi) is 4.31. The van der Waals surface area contributed by atoms with Gasteiger partial charge >= 0.3 is 0 Å². The average molecular weight is 280 g/mol. The van der Waals surface area contributed by atoms with Gasteiger partial charge in [-0.15, -0.1) is 10.2 Å². The molecule has 0 N–H and O–H groups in total. The summed E-state index contributed by atoms with van der Waals surface area (Å²) in [7, 11) is 0. The summed E-state index contributed by atoms with van der Waals surface area (Å²) in [5.74, 6) is 2.32. The standard InChI is InChI=1S/C14H24N4S/c1-2-3-6-11-19-14-16-15-13(17-9-4-5-10-17)18(14)12-7-8-12/h12H,2-11H2,1H3. The lowest BCUT2D eigenvalue weighted by Gasteiger charge is -2.17. The predicted octanol–water partition coefficient (Wildman–Crippen LogP) is 3.50. The molecule has 2 fully saturated rings. The number of hydrogen-bond donors (Lipinski definition) is 0. The molecule has 4 nitrogen and oxygen atoms in total. The number of aromatic nitrogens is 3. The summed E-state index contributed by atoms with van der Waals surface area (Å²) >= 11 is 1.90. The Labute approximate surface area is 120 Å². The monoisotopic (exact) mass is 280 g/mol. The molecule has 1 aromatic rings. The zero-order chi connectivity index (χ0) is 13.1. The van der Waals surface area contributed by atoms with Crippen molar-refractivity contribution >= 4 is 17.7 Å². The maximum Gasteiger partial charge on any atom is 0.228 e. The summed E-state index contributed by atoms with van der Waals surface area (Å²) in [6, 6.07) is 0.680. The maximum atomic E-state index is 4.48. The predicted molar refractivity (Wildman–Crippen MR) is 80.0 cm³/mol. The lowest BCUT2D eigenvalue weighted by atomic mass is 10.3. The SMILES string of the molecule is CCCCCSc1nnc(N2CCCC2)n1C1CC1. The van der Waals surface area contributed by atoms with Crippen molar-refractivity contribution in [2.75, 3.05) is 23.7 Å². The molecule has 1 aromatic heterocycles. The van der Waals surface area contributed by atoms with Crippen molar-refractivity contribution in [3.05, 3.63) is 0 Å². The molecule has 1 aliphatic heterocycles. The third kappa shape index (κ3) is 3.07. The quantitative estimate of drug-likeness (QED) is 0.565. The zero-order valence-electron chi connectivity index (χ0n) is 11.8. The molecule has 0 unspecified atom stereocenters. The first-order chi connectivity index (χ1) is 9.40. The van der Waals surface area contributed by atoms with E-state index in [4.69, 9.17) is 0 Å². The highest BCUT2D eigenvalue weighted by Crippen LogP contribution is 2.41. The van der Waals surface area contributed by atoms with Gasteiger partial charge in [-0.25, -0.2) is 0 Å². The van der Waals surface area contributed by atoms with Crippen molar-refractivity contribution in [1.82, 2.24) is 14.8 Å². The highest BCUT2D eigenvalue weighted by Gasteiger charge is 2.32. The van der Waals surface area contributed by atoms with E-state index in [2.05, 4.69) is 26.6 Å². The Hall–Kier alpha value is -0.710. The van der Waals surface area contributed by atoms with Crippen LogP contribution < -0.4 is 4.90 Å². The molecule has 3 rings (SSSR count). The van der Waals surface area contributed by atoms with Gasteiger partial charge in [0.15, 0.2) is 5.16 Å². The molecule has 0 bridgehead atoms. The van der Waals surface area contributed by atoms with E-state index in [1.807, 2.05) is 11.8 Å². The minimum Gasteiger partial charge on any atom is -0.341 e. The summed E-state index contributed by atoms with van der Waals surface area (Å²) in [4.78, 5) is 2.42. The molecule has 0 radical (unpaired) electrons. The molecule has 0 atom stereocenters. The van der Waals surface area contributed by atoms with E-state index in [0.717, 1.165) is 24.2 Å². The van der Waals surface area contributed by atoms with Gasteiger partial charge in [-0.3, -0.25) is 4.57 Å². The molecule has 2 aliphatic rings. The van der Waals surface area contributed by atoms with E-state index in [9.17, 15) is 0 Å². The molecule has 5 heteroatoms. The van der Waals surface area contributed by atoms with Gasteiger partial charge in [0.1, 0.15) is 0 Å². The van der Waals surface area contributed by atoms with Crippen LogP contribution in [0.4, 0.5) is 5.95 Å². The van der Waals surface area contributed by atoms with Crippen molar-refractivity contribution in [2.45, 2.75) is 63.1 Å². The van der Waals surface area contributed by atoms with Crippen LogP contribution in [0.2, 0.25) is 0 Å². The van der Waals surface area contributed by atoms with Gasteiger partial charge < -0.3 is 4.90 Å². The summed E-state index contributed by atoms with van der Waals surface area (Å²) in [5.41, 5.74) is 0. The lowest BCUT2D eigenvalue weighted by molar-refractivity contribution is 0.650. The zero-order valence-corrected chi connectivity index (χ0v) is 12.7. The van der Waals surface area contributed by atoms with Crippen LogP contribution >= 0.6 is 11.8 Å². The van der Waals surface area contributed by atoms with Crippen LogP contribution in [-0.2, 0) is 0 Å². The normalized spacial score (nSPS) is 19.3. The third-order valence-corrected chi connectivity index (χ3v) is 4.96. The van der Waals surface area contributed by atoms with Crippen LogP contribution in [0.5, 0.6) is 0 Å². The van der Waals surface area contributed by atoms with Gasteiger partial charge in [0, 0.05) is 24.9 Å². The fraction of sp³-hybridized carbons (Fsp3) is 0.857. The van der Waals surface area contributed by atoms with E-state index in [-0.39, 0.29) is 0 Å². The van der Waals surface area contributed by atoms with Crippen molar-refractivity contribution in [2.24, 2.45) is 0 Å². The smallest absolute Gasteiger partial charge is 0.228 e. The Balaban J connectivity index is 1.69. The third-order valence-electron chi connectivity index (χ3n) is 3.93. The van der Waals surface area contributed by atoms with Gasteiger partial charge in [-0.05, 0) is 32.1 Å². The fourth-order valence-electron chi connectivity index (χ4n) is 2.67. The summed E-state index contributed by atoms with van der Waals surface area (Å²) < 4.78 is 2.42. The Morgan fingerprint density at radius 1 is 1.16 bits per heavy atom. The van der Waals surface area contributed by atoms with Crippen LogP contribution in [0, 0.1) is 0 Å². The van der Waals surface area contributed by atoms with Crippen LogP contribution in [0.25, 0.3) is 0 Å². The molecular formula is C14H24N4S. The Bertz CT molecular complexity index is 408.